The van der Waals surface area contributed by atoms with Gasteiger partial charge in [0.2, 0.25) is 0 Å². The lowest BCUT2D eigenvalue weighted by atomic mass is 10.0. The first kappa shape index (κ1) is 12.0. The number of rotatable bonds is 2. The molecule has 1 aromatic rings. The molecule has 0 bridgehead atoms. The van der Waals surface area contributed by atoms with E-state index in [2.05, 4.69) is 10.8 Å². The van der Waals surface area contributed by atoms with Crippen molar-refractivity contribution in [1.29, 1.82) is 5.26 Å². The van der Waals surface area contributed by atoms with Gasteiger partial charge in [0.15, 0.2) is 0 Å². The number of esters is 1. The normalized spacial score (nSPS) is 9.47. The Kier molecular flexibility index (Phi) is 4.09. The van der Waals surface area contributed by atoms with Crippen molar-refractivity contribution >= 4 is 28.6 Å². The number of hydrogen-bond donors (Lipinski definition) is 0. The Morgan fingerprint density at radius 1 is 1.60 bits per heavy atom. The summed E-state index contributed by atoms with van der Waals surface area (Å²) in [4.78, 5) is 11.4. The second-order valence-corrected chi connectivity index (χ2v) is 4.11. The van der Waals surface area contributed by atoms with Crippen molar-refractivity contribution in [2.24, 2.45) is 0 Å². The van der Waals surface area contributed by atoms with Gasteiger partial charge in [0.25, 0.3) is 0 Å². The summed E-state index contributed by atoms with van der Waals surface area (Å²) >= 11 is 2.03. The van der Waals surface area contributed by atoms with Crippen LogP contribution in [0.4, 0.5) is 0 Å². The molecule has 0 aliphatic rings. The lowest BCUT2D eigenvalue weighted by Crippen LogP contribution is -2.05. The minimum absolute atomic E-state index is 0.362. The summed E-state index contributed by atoms with van der Waals surface area (Å²) in [5, 5.41) is 8.89. The molecule has 78 valence electrons. The molecule has 0 saturated carbocycles. The zero-order valence-electron chi connectivity index (χ0n) is 8.50. The average Bonchev–Trinajstić information content (AvgIpc) is 2.27. The molecule has 4 heteroatoms. The Morgan fingerprint density at radius 3 is 2.73 bits per heavy atom. The number of carbonyl (C=O) groups excluding carboxylic acids is 1. The third kappa shape index (κ3) is 2.48. The summed E-state index contributed by atoms with van der Waals surface area (Å²) in [6, 6.07) is 5.56. The first-order valence-electron chi connectivity index (χ1n) is 4.44. The maximum absolute atomic E-state index is 11.4. The minimum atomic E-state index is -0.362. The van der Waals surface area contributed by atoms with E-state index in [1.165, 1.54) is 7.11 Å². The van der Waals surface area contributed by atoms with Crippen molar-refractivity contribution in [3.05, 3.63) is 32.4 Å². The number of ether oxygens (including phenoxy) is 1. The summed E-state index contributed by atoms with van der Waals surface area (Å²) in [5.41, 5.74) is 2.02. The quantitative estimate of drug-likeness (QED) is 0.622. The molecule has 0 unspecified atom stereocenters. The molecule has 0 saturated heterocycles. The Bertz CT molecular complexity index is 435. The van der Waals surface area contributed by atoms with Crippen LogP contribution in [0, 0.1) is 14.9 Å². The van der Waals surface area contributed by atoms with E-state index in [1.807, 2.05) is 29.5 Å². The van der Waals surface area contributed by atoms with Crippen molar-refractivity contribution in [2.45, 2.75) is 13.3 Å². The molecule has 0 aromatic heterocycles. The summed E-state index contributed by atoms with van der Waals surface area (Å²) in [7, 11) is 1.35. The summed E-state index contributed by atoms with van der Waals surface area (Å²) < 4.78 is 5.41. The zero-order valence-corrected chi connectivity index (χ0v) is 10.7. The highest BCUT2D eigenvalue weighted by atomic mass is 127. The molecule has 0 aliphatic carbocycles. The van der Waals surface area contributed by atoms with Gasteiger partial charge >= 0.3 is 5.97 Å². The molecule has 0 amide bonds. The third-order valence-electron chi connectivity index (χ3n) is 2.10. The topological polar surface area (TPSA) is 50.1 Å². The lowest BCUT2D eigenvalue weighted by molar-refractivity contribution is 0.0599. The predicted molar refractivity (Wildman–Crippen MR) is 64.6 cm³/mol. The maximum atomic E-state index is 11.4. The molecule has 0 atom stereocenters. The Morgan fingerprint density at radius 2 is 2.27 bits per heavy atom. The number of benzene rings is 1. The van der Waals surface area contributed by atoms with Crippen LogP contribution in [0.2, 0.25) is 0 Å². The maximum Gasteiger partial charge on any atom is 0.338 e. The van der Waals surface area contributed by atoms with Gasteiger partial charge < -0.3 is 4.74 Å². The fraction of sp³-hybridized carbons (Fsp3) is 0.273. The van der Waals surface area contributed by atoms with E-state index in [9.17, 15) is 4.79 Å². The van der Waals surface area contributed by atoms with Crippen molar-refractivity contribution < 1.29 is 9.53 Å². The van der Waals surface area contributed by atoms with Crippen LogP contribution in [0.25, 0.3) is 0 Å². The molecule has 15 heavy (non-hydrogen) atoms. The minimum Gasteiger partial charge on any atom is -0.465 e. The highest BCUT2D eigenvalue weighted by molar-refractivity contribution is 14.1. The van der Waals surface area contributed by atoms with E-state index in [0.29, 0.717) is 11.1 Å². The van der Waals surface area contributed by atoms with E-state index in [0.717, 1.165) is 15.6 Å². The highest BCUT2D eigenvalue weighted by Gasteiger charge is 2.13. The molecular formula is C11H10INO2. The highest BCUT2D eigenvalue weighted by Crippen LogP contribution is 2.19. The van der Waals surface area contributed by atoms with Crippen LogP contribution in [0.3, 0.4) is 0 Å². The van der Waals surface area contributed by atoms with E-state index >= 15 is 0 Å². The Hall–Kier alpha value is -1.09. The molecule has 0 fully saturated rings. The van der Waals surface area contributed by atoms with Crippen LogP contribution < -0.4 is 0 Å². The molecule has 0 radical (unpaired) electrons. The number of aryl methyl sites for hydroxylation is 1. The summed E-state index contributed by atoms with van der Waals surface area (Å²) in [5.74, 6) is -0.362. The smallest absolute Gasteiger partial charge is 0.338 e. The largest absolute Gasteiger partial charge is 0.465 e. The molecule has 0 spiro atoms. The van der Waals surface area contributed by atoms with Gasteiger partial charge in [0.1, 0.15) is 0 Å². The van der Waals surface area contributed by atoms with Gasteiger partial charge in [-0.05, 0) is 46.7 Å². The monoisotopic (exact) mass is 315 g/mol. The van der Waals surface area contributed by atoms with Gasteiger partial charge in [0, 0.05) is 3.57 Å². The number of methoxy groups -OCH3 is 1. The molecule has 0 N–H and O–H groups in total. The number of halogens is 1. The van der Waals surface area contributed by atoms with Crippen LogP contribution in [0.1, 0.15) is 28.4 Å². The predicted octanol–water partition coefficient (Wildman–Crippen LogP) is 2.51. The van der Waals surface area contributed by atoms with Crippen LogP contribution in [-0.2, 0) is 11.2 Å². The Labute approximate surface area is 102 Å². The first-order valence-corrected chi connectivity index (χ1v) is 5.52. The van der Waals surface area contributed by atoms with Crippen LogP contribution in [0.15, 0.2) is 12.1 Å². The van der Waals surface area contributed by atoms with E-state index in [-0.39, 0.29) is 5.97 Å². The number of nitrogens with zero attached hydrogens (tertiary/aromatic N) is 1. The molecule has 3 nitrogen and oxygen atoms in total. The van der Waals surface area contributed by atoms with Gasteiger partial charge in [0.05, 0.1) is 24.3 Å². The average molecular weight is 315 g/mol. The number of hydrogen-bond acceptors (Lipinski definition) is 3. The molecular weight excluding hydrogens is 305 g/mol. The SMILES string of the molecule is CCc1cc(C(=O)OC)c(I)cc1C#N. The van der Waals surface area contributed by atoms with E-state index in [1.54, 1.807) is 12.1 Å². The first-order chi connectivity index (χ1) is 7.13. The zero-order chi connectivity index (χ0) is 11.4. The fourth-order valence-electron chi connectivity index (χ4n) is 1.28. The van der Waals surface area contributed by atoms with Gasteiger partial charge in [-0.3, -0.25) is 0 Å². The van der Waals surface area contributed by atoms with Crippen molar-refractivity contribution in [2.75, 3.05) is 7.11 Å². The second-order valence-electron chi connectivity index (χ2n) is 2.95. The second kappa shape index (κ2) is 5.12. The molecule has 0 heterocycles. The molecule has 1 aromatic carbocycles. The standard InChI is InChI=1S/C11H10INO2/c1-3-7-4-9(11(14)15-2)10(12)5-8(7)6-13/h4-5H,3H2,1-2H3. The Balaban J connectivity index is 3.33. The van der Waals surface area contributed by atoms with Crippen molar-refractivity contribution in [3.8, 4) is 6.07 Å². The van der Waals surface area contributed by atoms with Crippen LogP contribution in [0.5, 0.6) is 0 Å². The summed E-state index contributed by atoms with van der Waals surface area (Å²) in [6.45, 7) is 1.95. The van der Waals surface area contributed by atoms with Crippen LogP contribution >= 0.6 is 22.6 Å². The van der Waals surface area contributed by atoms with E-state index in [4.69, 9.17) is 5.26 Å². The van der Waals surface area contributed by atoms with Gasteiger partial charge in [-0.25, -0.2) is 4.79 Å². The van der Waals surface area contributed by atoms with Gasteiger partial charge in [-0.2, -0.15) is 5.26 Å². The van der Waals surface area contributed by atoms with Crippen molar-refractivity contribution in [1.82, 2.24) is 0 Å². The fourth-order valence-corrected chi connectivity index (χ4v) is 1.97. The number of nitriles is 1. The molecule has 0 aliphatic heterocycles. The van der Waals surface area contributed by atoms with Crippen LogP contribution in [-0.4, -0.2) is 13.1 Å². The van der Waals surface area contributed by atoms with E-state index < -0.39 is 0 Å². The van der Waals surface area contributed by atoms with Crippen molar-refractivity contribution in [3.63, 3.8) is 0 Å². The lowest BCUT2D eigenvalue weighted by Gasteiger charge is -2.06. The molecule has 1 rings (SSSR count). The summed E-state index contributed by atoms with van der Waals surface area (Å²) in [6.07, 6.45) is 0.726. The third-order valence-corrected chi connectivity index (χ3v) is 2.99. The van der Waals surface area contributed by atoms with Gasteiger partial charge in [-0.1, -0.05) is 6.92 Å². The number of carbonyl (C=O) groups is 1. The van der Waals surface area contributed by atoms with Gasteiger partial charge in [-0.15, -0.1) is 0 Å².